The van der Waals surface area contributed by atoms with Crippen molar-refractivity contribution in [3.8, 4) is 0 Å². The molecular formula is C14H25N3S. The van der Waals surface area contributed by atoms with Gasteiger partial charge in [0.05, 0.1) is 10.7 Å². The Bertz CT molecular complexity index is 345. The predicted octanol–water partition coefficient (Wildman–Crippen LogP) is 2.67. The largest absolute Gasteiger partial charge is 0.317 e. The van der Waals surface area contributed by atoms with E-state index in [2.05, 4.69) is 29.4 Å². The Kier molecular flexibility index (Phi) is 5.60. The van der Waals surface area contributed by atoms with E-state index in [0.717, 1.165) is 19.0 Å². The monoisotopic (exact) mass is 267 g/mol. The van der Waals surface area contributed by atoms with Crippen LogP contribution in [0.5, 0.6) is 0 Å². The molecule has 1 aromatic heterocycles. The highest BCUT2D eigenvalue weighted by molar-refractivity contribution is 7.09. The lowest BCUT2D eigenvalue weighted by atomic mass is 10.0. The summed E-state index contributed by atoms with van der Waals surface area (Å²) < 4.78 is 0. The Hall–Kier alpha value is -0.450. The molecule has 0 unspecified atom stereocenters. The Morgan fingerprint density at radius 2 is 2.17 bits per heavy atom. The van der Waals surface area contributed by atoms with Crippen LogP contribution in [-0.2, 0) is 13.0 Å². The number of piperidine rings is 1. The van der Waals surface area contributed by atoms with Gasteiger partial charge in [0.1, 0.15) is 0 Å². The summed E-state index contributed by atoms with van der Waals surface area (Å²) in [5.41, 5.74) is 1.27. The highest BCUT2D eigenvalue weighted by Gasteiger charge is 2.21. The SMILES string of the molecule is CCCN(Cc1csc(CC)n1)C1CCNCC1. The molecule has 2 heterocycles. The maximum Gasteiger partial charge on any atom is 0.0926 e. The zero-order valence-electron chi connectivity index (χ0n) is 11.6. The Balaban J connectivity index is 1.95. The summed E-state index contributed by atoms with van der Waals surface area (Å²) in [4.78, 5) is 7.34. The van der Waals surface area contributed by atoms with Crippen LogP contribution in [0, 0.1) is 0 Å². The average Bonchev–Trinajstić information content (AvgIpc) is 2.87. The molecule has 2 rings (SSSR count). The van der Waals surface area contributed by atoms with Crippen LogP contribution >= 0.6 is 11.3 Å². The molecular weight excluding hydrogens is 242 g/mol. The van der Waals surface area contributed by atoms with E-state index in [-0.39, 0.29) is 0 Å². The van der Waals surface area contributed by atoms with E-state index in [1.54, 1.807) is 11.3 Å². The lowest BCUT2D eigenvalue weighted by molar-refractivity contribution is 0.152. The van der Waals surface area contributed by atoms with Crippen LogP contribution in [-0.4, -0.2) is 35.6 Å². The van der Waals surface area contributed by atoms with Gasteiger partial charge in [-0.05, 0) is 45.3 Å². The first-order valence-electron chi connectivity index (χ1n) is 7.21. The van der Waals surface area contributed by atoms with Crippen molar-refractivity contribution in [2.24, 2.45) is 0 Å². The van der Waals surface area contributed by atoms with Crippen molar-refractivity contribution in [3.05, 3.63) is 16.1 Å². The van der Waals surface area contributed by atoms with Gasteiger partial charge in [0.25, 0.3) is 0 Å². The standard InChI is InChI=1S/C14H25N3S/c1-3-9-17(13-5-7-15-8-6-13)10-12-11-18-14(4-2)16-12/h11,13,15H,3-10H2,1-2H3. The molecule has 3 nitrogen and oxygen atoms in total. The molecule has 0 spiro atoms. The van der Waals surface area contributed by atoms with Gasteiger partial charge < -0.3 is 5.32 Å². The number of nitrogens with zero attached hydrogens (tertiary/aromatic N) is 2. The fourth-order valence-corrected chi connectivity index (χ4v) is 3.38. The molecule has 1 aromatic rings. The van der Waals surface area contributed by atoms with Gasteiger partial charge in [0.15, 0.2) is 0 Å². The number of hydrogen-bond donors (Lipinski definition) is 1. The number of hydrogen-bond acceptors (Lipinski definition) is 4. The lowest BCUT2D eigenvalue weighted by Crippen LogP contribution is -2.43. The van der Waals surface area contributed by atoms with E-state index in [1.165, 1.54) is 49.6 Å². The zero-order chi connectivity index (χ0) is 12.8. The summed E-state index contributed by atoms with van der Waals surface area (Å²) in [6.45, 7) is 9.02. The summed E-state index contributed by atoms with van der Waals surface area (Å²) in [5.74, 6) is 0. The predicted molar refractivity (Wildman–Crippen MR) is 78.1 cm³/mol. The second-order valence-electron chi connectivity index (χ2n) is 5.04. The zero-order valence-corrected chi connectivity index (χ0v) is 12.4. The maximum atomic E-state index is 4.71. The van der Waals surface area contributed by atoms with Crippen molar-refractivity contribution in [1.82, 2.24) is 15.2 Å². The van der Waals surface area contributed by atoms with E-state index in [4.69, 9.17) is 4.98 Å². The van der Waals surface area contributed by atoms with E-state index in [1.807, 2.05) is 0 Å². The fourth-order valence-electron chi connectivity index (χ4n) is 2.64. The van der Waals surface area contributed by atoms with Crippen molar-refractivity contribution in [2.75, 3.05) is 19.6 Å². The van der Waals surface area contributed by atoms with Crippen molar-refractivity contribution in [3.63, 3.8) is 0 Å². The van der Waals surface area contributed by atoms with Crippen molar-refractivity contribution in [2.45, 2.75) is 52.1 Å². The molecule has 1 fully saturated rings. The van der Waals surface area contributed by atoms with Gasteiger partial charge in [-0.25, -0.2) is 4.98 Å². The number of nitrogens with one attached hydrogen (secondary N) is 1. The number of aryl methyl sites for hydroxylation is 1. The molecule has 1 N–H and O–H groups in total. The third-order valence-corrected chi connectivity index (χ3v) is 4.64. The van der Waals surface area contributed by atoms with Gasteiger partial charge in [-0.1, -0.05) is 13.8 Å². The molecule has 102 valence electrons. The summed E-state index contributed by atoms with van der Waals surface area (Å²) in [6.07, 6.45) is 4.86. The molecule has 4 heteroatoms. The minimum atomic E-state index is 0.748. The van der Waals surface area contributed by atoms with E-state index in [0.29, 0.717) is 0 Å². The Morgan fingerprint density at radius 3 is 2.78 bits per heavy atom. The molecule has 0 bridgehead atoms. The summed E-state index contributed by atoms with van der Waals surface area (Å²) in [5, 5.41) is 6.96. The molecule has 0 atom stereocenters. The van der Waals surface area contributed by atoms with E-state index >= 15 is 0 Å². The summed E-state index contributed by atoms with van der Waals surface area (Å²) in [6, 6.07) is 0.748. The van der Waals surface area contributed by atoms with E-state index in [9.17, 15) is 0 Å². The highest BCUT2D eigenvalue weighted by Crippen LogP contribution is 2.18. The fraction of sp³-hybridized carbons (Fsp3) is 0.786. The van der Waals surface area contributed by atoms with Crippen molar-refractivity contribution < 1.29 is 0 Å². The summed E-state index contributed by atoms with van der Waals surface area (Å²) >= 11 is 1.81. The number of thiazole rings is 1. The normalized spacial score (nSPS) is 17.5. The van der Waals surface area contributed by atoms with Crippen LogP contribution in [0.4, 0.5) is 0 Å². The lowest BCUT2D eigenvalue weighted by Gasteiger charge is -2.34. The second kappa shape index (κ2) is 7.22. The highest BCUT2D eigenvalue weighted by atomic mass is 32.1. The minimum Gasteiger partial charge on any atom is -0.317 e. The van der Waals surface area contributed by atoms with Crippen LogP contribution in [0.15, 0.2) is 5.38 Å². The van der Waals surface area contributed by atoms with Gasteiger partial charge >= 0.3 is 0 Å². The quantitative estimate of drug-likeness (QED) is 0.859. The van der Waals surface area contributed by atoms with Crippen molar-refractivity contribution >= 4 is 11.3 Å². The molecule has 0 saturated carbocycles. The second-order valence-corrected chi connectivity index (χ2v) is 5.98. The molecule has 1 aliphatic rings. The first-order valence-corrected chi connectivity index (χ1v) is 8.09. The first kappa shape index (κ1) is 14.0. The van der Waals surface area contributed by atoms with Crippen LogP contribution in [0.2, 0.25) is 0 Å². The Morgan fingerprint density at radius 1 is 1.39 bits per heavy atom. The minimum absolute atomic E-state index is 0.748. The van der Waals surface area contributed by atoms with Gasteiger partial charge in [-0.2, -0.15) is 0 Å². The third-order valence-electron chi connectivity index (χ3n) is 3.60. The average molecular weight is 267 g/mol. The molecule has 0 aromatic carbocycles. The number of aromatic nitrogens is 1. The van der Waals surface area contributed by atoms with Crippen molar-refractivity contribution in [1.29, 1.82) is 0 Å². The van der Waals surface area contributed by atoms with Gasteiger partial charge in [0.2, 0.25) is 0 Å². The topological polar surface area (TPSA) is 28.2 Å². The molecule has 0 aliphatic carbocycles. The van der Waals surface area contributed by atoms with Gasteiger partial charge in [0, 0.05) is 18.0 Å². The molecule has 0 radical (unpaired) electrons. The maximum absolute atomic E-state index is 4.71. The van der Waals surface area contributed by atoms with Gasteiger partial charge in [-0.3, -0.25) is 4.90 Å². The first-order chi connectivity index (χ1) is 8.83. The molecule has 1 aliphatic heterocycles. The summed E-state index contributed by atoms with van der Waals surface area (Å²) in [7, 11) is 0. The van der Waals surface area contributed by atoms with Crippen LogP contribution in [0.25, 0.3) is 0 Å². The third kappa shape index (κ3) is 3.77. The molecule has 0 amide bonds. The number of rotatable bonds is 6. The Labute approximate surface area is 115 Å². The molecule has 18 heavy (non-hydrogen) atoms. The smallest absolute Gasteiger partial charge is 0.0926 e. The van der Waals surface area contributed by atoms with Crippen LogP contribution in [0.3, 0.4) is 0 Å². The van der Waals surface area contributed by atoms with Gasteiger partial charge in [-0.15, -0.1) is 11.3 Å². The van der Waals surface area contributed by atoms with E-state index < -0.39 is 0 Å². The van der Waals surface area contributed by atoms with Crippen LogP contribution < -0.4 is 5.32 Å². The molecule has 1 saturated heterocycles. The van der Waals surface area contributed by atoms with Crippen LogP contribution in [0.1, 0.15) is 43.8 Å².